The largest absolute Gasteiger partial charge is 0.284 e. The molecule has 2 aromatic carbocycles. The number of nitrogens with zero attached hydrogens (tertiary/aromatic N) is 2. The predicted molar refractivity (Wildman–Crippen MR) is 121 cm³/mol. The lowest BCUT2D eigenvalue weighted by molar-refractivity contribution is 0.0716. The fourth-order valence-electron chi connectivity index (χ4n) is 3.37. The van der Waals surface area contributed by atoms with Crippen LogP contribution in [0, 0.1) is 0 Å². The van der Waals surface area contributed by atoms with Gasteiger partial charge in [0.25, 0.3) is 5.91 Å². The van der Waals surface area contributed by atoms with Gasteiger partial charge in [0.2, 0.25) is 10.0 Å². The first-order chi connectivity index (χ1) is 14.3. The van der Waals surface area contributed by atoms with Gasteiger partial charge in [-0.3, -0.25) is 9.52 Å². The minimum Gasteiger partial charge on any atom is -0.283 e. The molecule has 0 saturated carbocycles. The second kappa shape index (κ2) is 8.22. The van der Waals surface area contributed by atoms with Crippen LogP contribution in [-0.2, 0) is 10.0 Å². The maximum absolute atomic E-state index is 13.2. The lowest BCUT2D eigenvalue weighted by Crippen LogP contribution is -2.26. The fourth-order valence-corrected chi connectivity index (χ4v) is 4.80. The Morgan fingerprint density at radius 3 is 2.67 bits per heavy atom. The van der Waals surface area contributed by atoms with E-state index in [-0.39, 0.29) is 11.9 Å². The van der Waals surface area contributed by atoms with Gasteiger partial charge >= 0.3 is 0 Å². The maximum Gasteiger partial charge on any atom is 0.284 e. The van der Waals surface area contributed by atoms with Crippen LogP contribution in [0.1, 0.15) is 33.3 Å². The van der Waals surface area contributed by atoms with Crippen LogP contribution in [0.4, 0.5) is 5.69 Å². The standard InChI is InChI=1S/C21H18ClN3O3S2/c1-30(27,28)24-17-9-3-2-8-16(17)18-13-19(14-6-4-7-15(22)12-14)25(23-18)21(26)20-10-5-11-29-20/h2-12,19,24H,13H2,1H3. The monoisotopic (exact) mass is 459 g/mol. The Balaban J connectivity index is 1.77. The summed E-state index contributed by atoms with van der Waals surface area (Å²) in [5.74, 6) is -0.210. The highest BCUT2D eigenvalue weighted by molar-refractivity contribution is 7.92. The van der Waals surface area contributed by atoms with Crippen LogP contribution in [0.15, 0.2) is 71.1 Å². The lowest BCUT2D eigenvalue weighted by atomic mass is 9.97. The van der Waals surface area contributed by atoms with Gasteiger partial charge in [-0.05, 0) is 35.2 Å². The van der Waals surface area contributed by atoms with Crippen LogP contribution in [0.2, 0.25) is 5.02 Å². The minimum atomic E-state index is -3.47. The first-order valence-electron chi connectivity index (χ1n) is 9.09. The SMILES string of the molecule is CS(=O)(=O)Nc1ccccc1C1=NN(C(=O)c2cccs2)C(c2cccc(Cl)c2)C1. The molecular formula is C21H18ClN3O3S2. The Morgan fingerprint density at radius 2 is 1.97 bits per heavy atom. The number of amides is 1. The van der Waals surface area contributed by atoms with Gasteiger partial charge in [-0.2, -0.15) is 5.10 Å². The number of benzene rings is 2. The molecular weight excluding hydrogens is 442 g/mol. The molecule has 0 saturated heterocycles. The number of para-hydroxylation sites is 1. The predicted octanol–water partition coefficient (Wildman–Crippen LogP) is 4.76. The Kier molecular flexibility index (Phi) is 5.64. The zero-order valence-electron chi connectivity index (χ0n) is 15.9. The number of carbonyl (C=O) groups is 1. The van der Waals surface area contributed by atoms with Crippen molar-refractivity contribution in [3.63, 3.8) is 0 Å². The molecule has 9 heteroatoms. The number of nitrogens with one attached hydrogen (secondary N) is 1. The molecule has 0 aliphatic carbocycles. The molecule has 0 spiro atoms. The third-order valence-electron chi connectivity index (χ3n) is 4.62. The van der Waals surface area contributed by atoms with Gasteiger partial charge in [-0.1, -0.05) is 48.0 Å². The van der Waals surface area contributed by atoms with Crippen LogP contribution in [0.3, 0.4) is 0 Å². The normalized spacial score (nSPS) is 16.4. The highest BCUT2D eigenvalue weighted by Crippen LogP contribution is 2.36. The number of hydrazone groups is 1. The molecule has 2 heterocycles. The summed E-state index contributed by atoms with van der Waals surface area (Å²) in [6.07, 6.45) is 1.53. The molecule has 154 valence electrons. The van der Waals surface area contributed by atoms with Crippen LogP contribution in [0.5, 0.6) is 0 Å². The van der Waals surface area contributed by atoms with Gasteiger partial charge in [0, 0.05) is 17.0 Å². The first-order valence-corrected chi connectivity index (χ1v) is 12.2. The average molecular weight is 460 g/mol. The number of thiophene rings is 1. The smallest absolute Gasteiger partial charge is 0.283 e. The van der Waals surface area contributed by atoms with E-state index in [9.17, 15) is 13.2 Å². The van der Waals surface area contributed by atoms with Gasteiger partial charge in [0.05, 0.1) is 28.6 Å². The summed E-state index contributed by atoms with van der Waals surface area (Å²) in [5, 5.41) is 8.50. The van der Waals surface area contributed by atoms with Gasteiger partial charge in [-0.15, -0.1) is 11.3 Å². The lowest BCUT2D eigenvalue weighted by Gasteiger charge is -2.21. The van der Waals surface area contributed by atoms with Crippen LogP contribution in [-0.4, -0.2) is 31.3 Å². The third-order valence-corrected chi connectivity index (χ3v) is 6.30. The van der Waals surface area contributed by atoms with Crippen molar-refractivity contribution in [2.45, 2.75) is 12.5 Å². The van der Waals surface area contributed by atoms with Crippen LogP contribution >= 0.6 is 22.9 Å². The molecule has 0 fully saturated rings. The molecule has 0 radical (unpaired) electrons. The molecule has 0 bridgehead atoms. The maximum atomic E-state index is 13.2. The summed E-state index contributed by atoms with van der Waals surface area (Å²) in [6, 6.07) is 17.6. The molecule has 1 aromatic heterocycles. The van der Waals surface area contributed by atoms with E-state index in [1.165, 1.54) is 16.3 Å². The summed E-state index contributed by atoms with van der Waals surface area (Å²) < 4.78 is 26.1. The highest BCUT2D eigenvalue weighted by Gasteiger charge is 2.35. The molecule has 1 unspecified atom stereocenters. The van der Waals surface area contributed by atoms with Crippen molar-refractivity contribution in [3.8, 4) is 0 Å². The number of rotatable bonds is 5. The first kappa shape index (κ1) is 20.6. The second-order valence-corrected chi connectivity index (χ2v) is 10.0. The van der Waals surface area contributed by atoms with Crippen molar-refractivity contribution in [3.05, 3.63) is 87.1 Å². The Morgan fingerprint density at radius 1 is 1.17 bits per heavy atom. The topological polar surface area (TPSA) is 78.8 Å². The molecule has 1 aliphatic heterocycles. The number of anilines is 1. The molecule has 1 amide bonds. The zero-order chi connectivity index (χ0) is 21.3. The summed E-state index contributed by atoms with van der Waals surface area (Å²) in [5.41, 5.74) is 2.54. The summed E-state index contributed by atoms with van der Waals surface area (Å²) in [7, 11) is -3.47. The van der Waals surface area contributed by atoms with Crippen molar-refractivity contribution in [1.82, 2.24) is 5.01 Å². The fraction of sp³-hybridized carbons (Fsp3) is 0.143. The van der Waals surface area contributed by atoms with Crippen LogP contribution in [0.25, 0.3) is 0 Å². The Bertz CT molecular complexity index is 1220. The van der Waals surface area contributed by atoms with E-state index in [4.69, 9.17) is 11.6 Å². The number of hydrogen-bond donors (Lipinski definition) is 1. The van der Waals surface area contributed by atoms with E-state index in [1.807, 2.05) is 35.7 Å². The van der Waals surface area contributed by atoms with Crippen molar-refractivity contribution in [1.29, 1.82) is 0 Å². The Hall–Kier alpha value is -2.68. The van der Waals surface area contributed by atoms with Crippen molar-refractivity contribution < 1.29 is 13.2 Å². The van der Waals surface area contributed by atoms with Crippen molar-refractivity contribution >= 4 is 50.3 Å². The highest BCUT2D eigenvalue weighted by atomic mass is 35.5. The molecule has 1 N–H and O–H groups in total. The van der Waals surface area contributed by atoms with Gasteiger partial charge in [0.15, 0.2) is 0 Å². The van der Waals surface area contributed by atoms with E-state index < -0.39 is 10.0 Å². The molecule has 30 heavy (non-hydrogen) atoms. The quantitative estimate of drug-likeness (QED) is 0.597. The van der Waals surface area contributed by atoms with Gasteiger partial charge < -0.3 is 0 Å². The molecule has 4 rings (SSSR count). The van der Waals surface area contributed by atoms with E-state index >= 15 is 0 Å². The van der Waals surface area contributed by atoms with Gasteiger partial charge in [-0.25, -0.2) is 13.4 Å². The van der Waals surface area contributed by atoms with Crippen molar-refractivity contribution in [2.24, 2.45) is 5.10 Å². The van der Waals surface area contributed by atoms with E-state index in [2.05, 4.69) is 9.82 Å². The van der Waals surface area contributed by atoms with E-state index in [1.54, 1.807) is 30.3 Å². The Labute approximate surface area is 183 Å². The molecule has 6 nitrogen and oxygen atoms in total. The second-order valence-electron chi connectivity index (χ2n) is 6.87. The van der Waals surface area contributed by atoms with Gasteiger partial charge in [0.1, 0.15) is 0 Å². The summed E-state index contributed by atoms with van der Waals surface area (Å²) in [4.78, 5) is 13.7. The number of hydrogen-bond acceptors (Lipinski definition) is 5. The third kappa shape index (κ3) is 4.40. The molecule has 1 atom stereocenters. The van der Waals surface area contributed by atoms with Crippen molar-refractivity contribution in [2.75, 3.05) is 11.0 Å². The molecule has 3 aromatic rings. The number of halogens is 1. The minimum absolute atomic E-state index is 0.210. The zero-order valence-corrected chi connectivity index (χ0v) is 18.3. The van der Waals surface area contributed by atoms with E-state index in [0.29, 0.717) is 33.3 Å². The summed E-state index contributed by atoms with van der Waals surface area (Å²) in [6.45, 7) is 0. The average Bonchev–Trinajstić information content (AvgIpc) is 3.37. The van der Waals surface area contributed by atoms with Crippen LogP contribution < -0.4 is 4.72 Å². The summed E-state index contributed by atoms with van der Waals surface area (Å²) >= 11 is 7.53. The number of carbonyl (C=O) groups excluding carboxylic acids is 1. The molecule has 1 aliphatic rings. The number of sulfonamides is 1. The van der Waals surface area contributed by atoms with E-state index in [0.717, 1.165) is 11.8 Å².